The van der Waals surface area contributed by atoms with Gasteiger partial charge in [-0.1, -0.05) is 6.07 Å². The maximum Gasteiger partial charge on any atom is 0.251 e. The van der Waals surface area contributed by atoms with Gasteiger partial charge in [0.25, 0.3) is 5.91 Å². The molecule has 4 unspecified atom stereocenters. The number of nitrogen functional groups attached to an aromatic ring is 1. The standard InChI is InChI=1S/C16H20N2O/c1-8-11(3-2-4-12(8)17)16(19)18-15-13-9-5-6-10(7-9)14(13)15/h2-4,9-10,13-15H,5-7,17H2,1H3,(H,18,19). The normalized spacial score (nSPS) is 38.1. The minimum atomic E-state index is 0.0589. The second-order valence-corrected chi connectivity index (χ2v) is 6.51. The van der Waals surface area contributed by atoms with Crippen LogP contribution in [-0.2, 0) is 0 Å². The van der Waals surface area contributed by atoms with Gasteiger partial charge in [-0.15, -0.1) is 0 Å². The summed E-state index contributed by atoms with van der Waals surface area (Å²) in [4.78, 5) is 12.4. The van der Waals surface area contributed by atoms with Gasteiger partial charge in [0.05, 0.1) is 0 Å². The Labute approximate surface area is 113 Å². The number of hydrogen-bond acceptors (Lipinski definition) is 2. The van der Waals surface area contributed by atoms with Crippen LogP contribution in [0.4, 0.5) is 5.69 Å². The van der Waals surface area contributed by atoms with Crippen molar-refractivity contribution in [3.63, 3.8) is 0 Å². The Morgan fingerprint density at radius 2 is 1.95 bits per heavy atom. The van der Waals surface area contributed by atoms with E-state index in [1.54, 1.807) is 0 Å². The van der Waals surface area contributed by atoms with Crippen molar-refractivity contribution in [1.29, 1.82) is 0 Å². The highest BCUT2D eigenvalue weighted by Gasteiger charge is 2.65. The van der Waals surface area contributed by atoms with Crippen molar-refractivity contribution in [2.24, 2.45) is 23.7 Å². The molecular formula is C16H20N2O. The summed E-state index contributed by atoms with van der Waals surface area (Å²) in [6.45, 7) is 1.92. The van der Waals surface area contributed by atoms with E-state index in [2.05, 4.69) is 5.32 Å². The van der Waals surface area contributed by atoms with Gasteiger partial charge in [0.2, 0.25) is 0 Å². The topological polar surface area (TPSA) is 55.1 Å². The van der Waals surface area contributed by atoms with Crippen molar-refractivity contribution < 1.29 is 4.79 Å². The van der Waals surface area contributed by atoms with Gasteiger partial charge >= 0.3 is 0 Å². The molecule has 3 aliphatic rings. The van der Waals surface area contributed by atoms with E-state index >= 15 is 0 Å². The molecule has 3 saturated carbocycles. The van der Waals surface area contributed by atoms with Crippen LogP contribution in [-0.4, -0.2) is 11.9 Å². The Kier molecular flexibility index (Phi) is 2.23. The first-order valence-corrected chi connectivity index (χ1v) is 7.33. The molecule has 100 valence electrons. The monoisotopic (exact) mass is 256 g/mol. The van der Waals surface area contributed by atoms with Crippen molar-refractivity contribution in [1.82, 2.24) is 5.32 Å². The Bertz CT molecular complexity index is 538. The molecule has 4 rings (SSSR count). The Morgan fingerprint density at radius 1 is 1.26 bits per heavy atom. The zero-order valence-corrected chi connectivity index (χ0v) is 11.2. The number of rotatable bonds is 2. The summed E-state index contributed by atoms with van der Waals surface area (Å²) in [5, 5.41) is 3.25. The quantitative estimate of drug-likeness (QED) is 0.798. The van der Waals surface area contributed by atoms with Crippen LogP contribution in [0.25, 0.3) is 0 Å². The fourth-order valence-electron chi connectivity index (χ4n) is 4.65. The van der Waals surface area contributed by atoms with Gasteiger partial charge in [-0.25, -0.2) is 0 Å². The highest BCUT2D eigenvalue weighted by molar-refractivity contribution is 5.97. The summed E-state index contributed by atoms with van der Waals surface area (Å²) in [6.07, 6.45) is 4.18. The van der Waals surface area contributed by atoms with Crippen molar-refractivity contribution in [3.8, 4) is 0 Å². The highest BCUT2D eigenvalue weighted by atomic mass is 16.1. The fraction of sp³-hybridized carbons (Fsp3) is 0.562. The van der Waals surface area contributed by atoms with Crippen molar-refractivity contribution in [3.05, 3.63) is 29.3 Å². The summed E-state index contributed by atoms with van der Waals surface area (Å²) < 4.78 is 0. The van der Waals surface area contributed by atoms with E-state index in [1.165, 1.54) is 19.3 Å². The molecule has 1 aromatic carbocycles. The maximum absolute atomic E-state index is 12.4. The van der Waals surface area contributed by atoms with E-state index in [0.717, 1.165) is 34.8 Å². The number of amides is 1. The fourth-order valence-corrected chi connectivity index (χ4v) is 4.65. The summed E-state index contributed by atoms with van der Waals surface area (Å²) in [6, 6.07) is 6.01. The summed E-state index contributed by atoms with van der Waals surface area (Å²) >= 11 is 0. The average Bonchev–Trinajstić information content (AvgIpc) is 2.81. The number of nitrogens with two attached hydrogens (primary N) is 1. The van der Waals surface area contributed by atoms with Gasteiger partial charge < -0.3 is 11.1 Å². The molecule has 3 heteroatoms. The second-order valence-electron chi connectivity index (χ2n) is 6.51. The van der Waals surface area contributed by atoms with Crippen LogP contribution in [0.2, 0.25) is 0 Å². The number of carbonyl (C=O) groups is 1. The second kappa shape index (κ2) is 3.75. The number of anilines is 1. The number of nitrogens with one attached hydrogen (secondary N) is 1. The molecule has 0 radical (unpaired) electrons. The molecule has 0 aromatic heterocycles. The Balaban J connectivity index is 1.50. The number of fused-ring (bicyclic) bond motifs is 5. The zero-order valence-electron chi connectivity index (χ0n) is 11.2. The lowest BCUT2D eigenvalue weighted by atomic mass is 10.0. The van der Waals surface area contributed by atoms with Gasteiger partial charge in [0, 0.05) is 17.3 Å². The van der Waals surface area contributed by atoms with Crippen LogP contribution in [0.5, 0.6) is 0 Å². The van der Waals surface area contributed by atoms with Gasteiger partial charge in [-0.3, -0.25) is 4.79 Å². The number of hydrogen-bond donors (Lipinski definition) is 2. The summed E-state index contributed by atoms with van der Waals surface area (Å²) in [7, 11) is 0. The van der Waals surface area contributed by atoms with Crippen molar-refractivity contribution in [2.45, 2.75) is 32.2 Å². The molecule has 19 heavy (non-hydrogen) atoms. The Hall–Kier alpha value is -1.51. The predicted molar refractivity (Wildman–Crippen MR) is 74.7 cm³/mol. The first-order valence-electron chi connectivity index (χ1n) is 7.33. The smallest absolute Gasteiger partial charge is 0.251 e. The van der Waals surface area contributed by atoms with Crippen LogP contribution >= 0.6 is 0 Å². The zero-order chi connectivity index (χ0) is 13.1. The van der Waals surface area contributed by atoms with E-state index in [-0.39, 0.29) is 5.91 Å². The van der Waals surface area contributed by atoms with Gasteiger partial charge in [-0.05, 0) is 67.6 Å². The molecule has 0 saturated heterocycles. The molecule has 4 atom stereocenters. The molecule has 3 aliphatic carbocycles. The molecule has 3 fully saturated rings. The van der Waals surface area contributed by atoms with E-state index < -0.39 is 0 Å². The molecule has 0 aliphatic heterocycles. The Morgan fingerprint density at radius 3 is 2.63 bits per heavy atom. The molecule has 0 heterocycles. The van der Waals surface area contributed by atoms with Crippen molar-refractivity contribution >= 4 is 11.6 Å². The molecule has 2 bridgehead atoms. The third-order valence-electron chi connectivity index (χ3n) is 5.65. The molecule has 1 amide bonds. The third-order valence-corrected chi connectivity index (χ3v) is 5.65. The van der Waals surface area contributed by atoms with E-state index in [0.29, 0.717) is 11.7 Å². The van der Waals surface area contributed by atoms with Crippen molar-refractivity contribution in [2.75, 3.05) is 5.73 Å². The lowest BCUT2D eigenvalue weighted by Crippen LogP contribution is -2.30. The molecule has 0 spiro atoms. The lowest BCUT2D eigenvalue weighted by Gasteiger charge is -2.12. The minimum Gasteiger partial charge on any atom is -0.398 e. The highest BCUT2D eigenvalue weighted by Crippen LogP contribution is 2.65. The van der Waals surface area contributed by atoms with Crippen LogP contribution < -0.4 is 11.1 Å². The minimum absolute atomic E-state index is 0.0589. The van der Waals surface area contributed by atoms with E-state index in [1.807, 2.05) is 25.1 Å². The van der Waals surface area contributed by atoms with Crippen LogP contribution in [0.1, 0.15) is 35.2 Å². The van der Waals surface area contributed by atoms with Crippen LogP contribution in [0.15, 0.2) is 18.2 Å². The average molecular weight is 256 g/mol. The third kappa shape index (κ3) is 1.54. The van der Waals surface area contributed by atoms with Gasteiger partial charge in [0.1, 0.15) is 0 Å². The summed E-state index contributed by atoms with van der Waals surface area (Å²) in [5.41, 5.74) is 8.20. The number of benzene rings is 1. The molecule has 3 nitrogen and oxygen atoms in total. The number of carbonyl (C=O) groups excluding carboxylic acids is 1. The van der Waals surface area contributed by atoms with Gasteiger partial charge in [0.15, 0.2) is 0 Å². The summed E-state index contributed by atoms with van der Waals surface area (Å²) in [5.74, 6) is 3.40. The largest absolute Gasteiger partial charge is 0.398 e. The first kappa shape index (κ1) is 11.3. The molecule has 3 N–H and O–H groups in total. The van der Waals surface area contributed by atoms with Crippen LogP contribution in [0.3, 0.4) is 0 Å². The molecular weight excluding hydrogens is 236 g/mol. The van der Waals surface area contributed by atoms with E-state index in [9.17, 15) is 4.79 Å². The van der Waals surface area contributed by atoms with E-state index in [4.69, 9.17) is 5.73 Å². The maximum atomic E-state index is 12.4. The first-order chi connectivity index (χ1) is 9.16. The van der Waals surface area contributed by atoms with Gasteiger partial charge in [-0.2, -0.15) is 0 Å². The lowest BCUT2D eigenvalue weighted by molar-refractivity contribution is 0.0943. The SMILES string of the molecule is Cc1c(N)cccc1C(=O)NC1C2C3CCC(C3)C12. The molecule has 1 aromatic rings. The predicted octanol–water partition coefficient (Wildman–Crippen LogP) is 2.35. The van der Waals surface area contributed by atoms with Crippen LogP contribution in [0, 0.1) is 30.6 Å².